The van der Waals surface area contributed by atoms with Crippen LogP contribution in [0.3, 0.4) is 0 Å². The van der Waals surface area contributed by atoms with Crippen LogP contribution in [0.5, 0.6) is 0 Å². The van der Waals surface area contributed by atoms with Gasteiger partial charge in [-0.15, -0.1) is 11.3 Å². The number of carbonyl (C=O) groups excluding carboxylic acids is 1. The van der Waals surface area contributed by atoms with Gasteiger partial charge in [0.2, 0.25) is 0 Å². The van der Waals surface area contributed by atoms with Crippen molar-refractivity contribution in [2.75, 3.05) is 0 Å². The van der Waals surface area contributed by atoms with E-state index >= 15 is 0 Å². The Morgan fingerprint density at radius 1 is 1.10 bits per heavy atom. The normalized spacial score (nSPS) is 12.4. The molecule has 0 aliphatic rings. The molecule has 0 spiro atoms. The highest BCUT2D eigenvalue weighted by molar-refractivity contribution is 8.02. The van der Waals surface area contributed by atoms with Crippen molar-refractivity contribution in [2.45, 2.75) is 16.5 Å². The number of fused-ring (bicyclic) bond motifs is 1. The fourth-order valence-electron chi connectivity index (χ4n) is 2.02. The second-order valence-corrected chi connectivity index (χ2v) is 6.85. The van der Waals surface area contributed by atoms with E-state index in [-0.39, 0.29) is 11.0 Å². The zero-order valence-corrected chi connectivity index (χ0v) is 12.6. The number of carbonyl (C=O) groups is 1. The number of hydrogen-bond donors (Lipinski definition) is 0. The number of thioether (sulfide) groups is 1. The summed E-state index contributed by atoms with van der Waals surface area (Å²) in [4.78, 5) is 16.5. The van der Waals surface area contributed by atoms with Crippen molar-refractivity contribution < 1.29 is 4.79 Å². The first-order chi connectivity index (χ1) is 9.74. The first kappa shape index (κ1) is 13.3. The van der Waals surface area contributed by atoms with Crippen molar-refractivity contribution in [1.82, 2.24) is 4.98 Å². The van der Waals surface area contributed by atoms with Crippen LogP contribution in [-0.2, 0) is 4.79 Å². The van der Waals surface area contributed by atoms with Crippen molar-refractivity contribution in [3.8, 4) is 0 Å². The van der Waals surface area contributed by atoms with Crippen LogP contribution < -0.4 is 0 Å². The molecule has 4 heteroatoms. The molecule has 100 valence electrons. The van der Waals surface area contributed by atoms with Crippen LogP contribution in [-0.4, -0.2) is 10.8 Å². The molecule has 0 aliphatic heterocycles. The van der Waals surface area contributed by atoms with Crippen molar-refractivity contribution in [3.05, 3.63) is 60.2 Å². The van der Waals surface area contributed by atoms with Crippen LogP contribution in [0.15, 0.2) is 58.9 Å². The third-order valence-electron chi connectivity index (χ3n) is 2.96. The SMILES string of the molecule is CC(=O)[C@@H](Sc1nc2ccccc2s1)c1ccccc1. The van der Waals surface area contributed by atoms with E-state index in [0.29, 0.717) is 0 Å². The lowest BCUT2D eigenvalue weighted by atomic mass is 10.1. The quantitative estimate of drug-likeness (QED) is 0.653. The van der Waals surface area contributed by atoms with Crippen molar-refractivity contribution >= 4 is 39.1 Å². The lowest BCUT2D eigenvalue weighted by molar-refractivity contribution is -0.116. The lowest BCUT2D eigenvalue weighted by Gasteiger charge is -2.11. The van der Waals surface area contributed by atoms with Gasteiger partial charge in [0.15, 0.2) is 4.34 Å². The standard InChI is InChI=1S/C16H13NOS2/c1-11(18)15(12-7-3-2-4-8-12)20-16-17-13-9-5-6-10-14(13)19-16/h2-10,15H,1H3/t15-/m1/s1. The summed E-state index contributed by atoms with van der Waals surface area (Å²) in [5.74, 6) is 0.153. The molecule has 0 amide bonds. The third kappa shape index (κ3) is 2.76. The number of benzene rings is 2. The average Bonchev–Trinajstić information content (AvgIpc) is 2.88. The first-order valence-corrected chi connectivity index (χ1v) is 8.01. The molecule has 2 aromatic carbocycles. The van der Waals surface area contributed by atoms with Gasteiger partial charge in [-0.05, 0) is 24.6 Å². The molecule has 1 aromatic heterocycles. The Morgan fingerprint density at radius 2 is 1.80 bits per heavy atom. The summed E-state index contributed by atoms with van der Waals surface area (Å²) in [6.45, 7) is 1.64. The number of para-hydroxylation sites is 1. The predicted octanol–water partition coefficient (Wildman–Crippen LogP) is 4.72. The third-order valence-corrected chi connectivity index (χ3v) is 5.47. The molecule has 1 atom stereocenters. The smallest absolute Gasteiger partial charge is 0.152 e. The van der Waals surface area contributed by atoms with Crippen LogP contribution in [0.25, 0.3) is 10.2 Å². The maximum Gasteiger partial charge on any atom is 0.152 e. The minimum absolute atomic E-state index is 0.153. The van der Waals surface area contributed by atoms with Crippen LogP contribution in [0.2, 0.25) is 0 Å². The molecular formula is C16H13NOS2. The molecule has 0 unspecified atom stereocenters. The highest BCUT2D eigenvalue weighted by atomic mass is 32.2. The molecule has 20 heavy (non-hydrogen) atoms. The summed E-state index contributed by atoms with van der Waals surface area (Å²) in [5.41, 5.74) is 2.03. The molecule has 0 radical (unpaired) electrons. The summed E-state index contributed by atoms with van der Waals surface area (Å²) in [6, 6.07) is 17.9. The topological polar surface area (TPSA) is 30.0 Å². The lowest BCUT2D eigenvalue weighted by Crippen LogP contribution is -2.04. The average molecular weight is 299 g/mol. The molecule has 0 N–H and O–H groups in total. The van der Waals surface area contributed by atoms with Gasteiger partial charge in [0.25, 0.3) is 0 Å². The monoisotopic (exact) mass is 299 g/mol. The fourth-order valence-corrected chi connectivity index (χ4v) is 4.28. The molecule has 2 nitrogen and oxygen atoms in total. The summed E-state index contributed by atoms with van der Waals surface area (Å²) in [5, 5.41) is -0.184. The Hall–Kier alpha value is -1.65. The molecule has 3 rings (SSSR count). The largest absolute Gasteiger partial charge is 0.298 e. The summed E-state index contributed by atoms with van der Waals surface area (Å²) in [7, 11) is 0. The van der Waals surface area contributed by atoms with Gasteiger partial charge in [-0.2, -0.15) is 0 Å². The molecule has 0 fully saturated rings. The molecule has 0 aliphatic carbocycles. The molecular weight excluding hydrogens is 286 g/mol. The Kier molecular flexibility index (Phi) is 3.85. The Balaban J connectivity index is 1.92. The first-order valence-electron chi connectivity index (χ1n) is 6.31. The number of thiazole rings is 1. The highest BCUT2D eigenvalue weighted by Crippen LogP contribution is 2.39. The second-order valence-electron chi connectivity index (χ2n) is 4.47. The van der Waals surface area contributed by atoms with E-state index < -0.39 is 0 Å². The number of nitrogens with zero attached hydrogens (tertiary/aromatic N) is 1. The zero-order chi connectivity index (χ0) is 13.9. The predicted molar refractivity (Wildman–Crippen MR) is 85.3 cm³/mol. The minimum atomic E-state index is -0.184. The Morgan fingerprint density at radius 3 is 2.50 bits per heavy atom. The number of rotatable bonds is 4. The number of hydrogen-bond acceptors (Lipinski definition) is 4. The fraction of sp³-hybridized carbons (Fsp3) is 0.125. The Bertz CT molecular complexity index is 703. The van der Waals surface area contributed by atoms with Gasteiger partial charge in [-0.3, -0.25) is 4.79 Å². The van der Waals surface area contributed by atoms with Crippen LogP contribution in [0.4, 0.5) is 0 Å². The van der Waals surface area contributed by atoms with Gasteiger partial charge in [0, 0.05) is 0 Å². The van der Waals surface area contributed by atoms with E-state index in [2.05, 4.69) is 11.1 Å². The molecule has 0 saturated carbocycles. The highest BCUT2D eigenvalue weighted by Gasteiger charge is 2.19. The van der Waals surface area contributed by atoms with Gasteiger partial charge in [0.1, 0.15) is 5.78 Å². The van der Waals surface area contributed by atoms with Gasteiger partial charge in [-0.1, -0.05) is 54.2 Å². The number of Topliss-reactive ketones (excluding diaryl/α,β-unsaturated/α-hetero) is 1. The minimum Gasteiger partial charge on any atom is -0.298 e. The van der Waals surface area contributed by atoms with Crippen LogP contribution in [0.1, 0.15) is 17.7 Å². The summed E-state index contributed by atoms with van der Waals surface area (Å²) in [6.07, 6.45) is 0. The Labute approximate surface area is 125 Å². The van der Waals surface area contributed by atoms with Crippen molar-refractivity contribution in [3.63, 3.8) is 0 Å². The van der Waals surface area contributed by atoms with Crippen LogP contribution in [0, 0.1) is 0 Å². The van der Waals surface area contributed by atoms with E-state index in [1.54, 1.807) is 18.3 Å². The number of ketones is 1. The van der Waals surface area contributed by atoms with Crippen molar-refractivity contribution in [1.29, 1.82) is 0 Å². The number of aromatic nitrogens is 1. The molecule has 0 bridgehead atoms. The van der Waals surface area contributed by atoms with Gasteiger partial charge < -0.3 is 0 Å². The summed E-state index contributed by atoms with van der Waals surface area (Å²) >= 11 is 3.17. The van der Waals surface area contributed by atoms with Gasteiger partial charge >= 0.3 is 0 Å². The van der Waals surface area contributed by atoms with Crippen LogP contribution >= 0.6 is 23.1 Å². The van der Waals surface area contributed by atoms with E-state index in [1.165, 1.54) is 11.8 Å². The maximum absolute atomic E-state index is 11.9. The van der Waals surface area contributed by atoms with E-state index in [1.807, 2.05) is 48.5 Å². The van der Waals surface area contributed by atoms with Gasteiger partial charge in [-0.25, -0.2) is 4.98 Å². The summed E-state index contributed by atoms with van der Waals surface area (Å²) < 4.78 is 2.10. The molecule has 3 aromatic rings. The zero-order valence-electron chi connectivity index (χ0n) is 10.9. The molecule has 1 heterocycles. The molecule has 0 saturated heterocycles. The maximum atomic E-state index is 11.9. The van der Waals surface area contributed by atoms with Gasteiger partial charge in [0.05, 0.1) is 15.5 Å². The van der Waals surface area contributed by atoms with Crippen molar-refractivity contribution in [2.24, 2.45) is 0 Å². The second kappa shape index (κ2) is 5.77. The van der Waals surface area contributed by atoms with E-state index in [9.17, 15) is 4.79 Å². The van der Waals surface area contributed by atoms with E-state index in [4.69, 9.17) is 0 Å². The van der Waals surface area contributed by atoms with E-state index in [0.717, 1.165) is 20.1 Å².